The first-order valence-corrected chi connectivity index (χ1v) is 5.16. The van der Waals surface area contributed by atoms with Crippen LogP contribution in [-0.2, 0) is 4.79 Å². The van der Waals surface area contributed by atoms with Crippen molar-refractivity contribution in [2.75, 3.05) is 19.7 Å². The average Bonchev–Trinajstić information content (AvgIpc) is 2.18. The zero-order valence-electron chi connectivity index (χ0n) is 8.33. The van der Waals surface area contributed by atoms with Gasteiger partial charge in [0.2, 0.25) is 5.91 Å². The lowest BCUT2D eigenvalue weighted by molar-refractivity contribution is -0.132. The summed E-state index contributed by atoms with van der Waals surface area (Å²) in [6.07, 6.45) is 3.53. The molecule has 0 bridgehead atoms. The third-order valence-electron chi connectivity index (χ3n) is 2.69. The van der Waals surface area contributed by atoms with Gasteiger partial charge in [-0.3, -0.25) is 4.79 Å². The van der Waals surface area contributed by atoms with Crippen LogP contribution in [0.15, 0.2) is 0 Å². The molecule has 1 rings (SSSR count). The van der Waals surface area contributed by atoms with Gasteiger partial charge in [0.25, 0.3) is 0 Å². The fourth-order valence-corrected chi connectivity index (χ4v) is 1.74. The number of rotatable bonds is 3. The normalized spacial score (nSPS) is 19.1. The van der Waals surface area contributed by atoms with Gasteiger partial charge in [-0.05, 0) is 25.2 Å². The minimum atomic E-state index is 0.274. The van der Waals surface area contributed by atoms with Gasteiger partial charge >= 0.3 is 0 Å². The summed E-state index contributed by atoms with van der Waals surface area (Å²) in [5.41, 5.74) is 0. The first-order chi connectivity index (χ1) is 6.27. The number of hydrogen-bond acceptors (Lipinski definition) is 2. The van der Waals surface area contributed by atoms with Gasteiger partial charge in [-0.25, -0.2) is 0 Å². The monoisotopic (exact) mass is 185 g/mol. The highest BCUT2D eigenvalue weighted by molar-refractivity contribution is 5.76. The van der Waals surface area contributed by atoms with Crippen LogP contribution < -0.4 is 0 Å². The maximum absolute atomic E-state index is 11.5. The zero-order valence-corrected chi connectivity index (χ0v) is 8.33. The summed E-state index contributed by atoms with van der Waals surface area (Å²) >= 11 is 0. The Morgan fingerprint density at radius 1 is 1.46 bits per heavy atom. The van der Waals surface area contributed by atoms with Crippen molar-refractivity contribution in [1.82, 2.24) is 4.90 Å². The van der Waals surface area contributed by atoms with Crippen molar-refractivity contribution in [1.29, 1.82) is 0 Å². The molecular formula is C10H19NO2. The van der Waals surface area contributed by atoms with Gasteiger partial charge < -0.3 is 10.0 Å². The average molecular weight is 185 g/mol. The van der Waals surface area contributed by atoms with Crippen LogP contribution in [0.25, 0.3) is 0 Å². The van der Waals surface area contributed by atoms with Crippen molar-refractivity contribution in [2.45, 2.75) is 32.6 Å². The molecule has 3 heteroatoms. The van der Waals surface area contributed by atoms with E-state index in [-0.39, 0.29) is 12.5 Å². The number of piperidine rings is 1. The lowest BCUT2D eigenvalue weighted by Crippen LogP contribution is -2.39. The van der Waals surface area contributed by atoms with Crippen molar-refractivity contribution in [3.8, 4) is 0 Å². The largest absolute Gasteiger partial charge is 0.396 e. The number of aliphatic hydroxyl groups excluding tert-OH is 1. The lowest BCUT2D eigenvalue weighted by Gasteiger charge is -2.31. The highest BCUT2D eigenvalue weighted by Crippen LogP contribution is 2.17. The van der Waals surface area contributed by atoms with Crippen LogP contribution >= 0.6 is 0 Å². The Labute approximate surface area is 79.7 Å². The molecule has 0 unspecified atom stereocenters. The Balaban J connectivity index is 2.28. The maximum atomic E-state index is 11.5. The van der Waals surface area contributed by atoms with Crippen molar-refractivity contribution in [3.63, 3.8) is 0 Å². The summed E-state index contributed by atoms with van der Waals surface area (Å²) < 4.78 is 0. The smallest absolute Gasteiger partial charge is 0.222 e. The van der Waals surface area contributed by atoms with E-state index in [0.717, 1.165) is 32.4 Å². The van der Waals surface area contributed by atoms with Crippen LogP contribution in [0.3, 0.4) is 0 Å². The van der Waals surface area contributed by atoms with Crippen LogP contribution in [0.4, 0.5) is 0 Å². The van der Waals surface area contributed by atoms with Gasteiger partial charge in [0.15, 0.2) is 0 Å². The van der Waals surface area contributed by atoms with E-state index in [4.69, 9.17) is 5.11 Å². The Kier molecular flexibility index (Phi) is 4.22. The number of nitrogens with zero attached hydrogens (tertiary/aromatic N) is 1. The van der Waals surface area contributed by atoms with Crippen LogP contribution in [0, 0.1) is 5.92 Å². The zero-order chi connectivity index (χ0) is 9.68. The summed E-state index contributed by atoms with van der Waals surface area (Å²) in [7, 11) is 0. The molecule has 1 fully saturated rings. The second-order valence-electron chi connectivity index (χ2n) is 3.76. The number of amides is 1. The van der Waals surface area contributed by atoms with E-state index in [1.54, 1.807) is 0 Å². The van der Waals surface area contributed by atoms with E-state index in [1.165, 1.54) is 0 Å². The molecule has 1 amide bonds. The van der Waals surface area contributed by atoms with Crippen LogP contribution in [0.1, 0.15) is 32.6 Å². The Morgan fingerprint density at radius 2 is 2.08 bits per heavy atom. The molecule has 0 saturated carbocycles. The highest BCUT2D eigenvalue weighted by Gasteiger charge is 2.21. The van der Waals surface area contributed by atoms with E-state index in [1.807, 2.05) is 11.8 Å². The number of likely N-dealkylation sites (tertiary alicyclic amines) is 1. The highest BCUT2D eigenvalue weighted by atomic mass is 16.3. The molecule has 0 aromatic rings. The summed E-state index contributed by atoms with van der Waals surface area (Å²) in [6, 6.07) is 0. The summed E-state index contributed by atoms with van der Waals surface area (Å²) in [5.74, 6) is 0.699. The van der Waals surface area contributed by atoms with Gasteiger partial charge in [0.05, 0.1) is 0 Å². The predicted molar refractivity (Wildman–Crippen MR) is 51.3 cm³/mol. The second kappa shape index (κ2) is 5.22. The molecule has 13 heavy (non-hydrogen) atoms. The fraction of sp³-hybridized carbons (Fsp3) is 0.900. The molecule has 3 nitrogen and oxygen atoms in total. The standard InChI is InChI=1S/C10H19NO2/c1-2-3-10(13)11-6-4-9(8-12)5-7-11/h9,12H,2-8H2,1H3. The Morgan fingerprint density at radius 3 is 2.54 bits per heavy atom. The third-order valence-corrected chi connectivity index (χ3v) is 2.69. The third kappa shape index (κ3) is 2.99. The van der Waals surface area contributed by atoms with Crippen molar-refractivity contribution in [3.05, 3.63) is 0 Å². The number of carbonyl (C=O) groups is 1. The van der Waals surface area contributed by atoms with Gasteiger partial charge in [0, 0.05) is 26.1 Å². The molecule has 0 spiro atoms. The van der Waals surface area contributed by atoms with Crippen LogP contribution in [0.5, 0.6) is 0 Å². The summed E-state index contributed by atoms with van der Waals surface area (Å²) in [6.45, 7) is 3.97. The minimum Gasteiger partial charge on any atom is -0.396 e. The van der Waals surface area contributed by atoms with Gasteiger partial charge in [-0.15, -0.1) is 0 Å². The van der Waals surface area contributed by atoms with Crippen LogP contribution in [-0.4, -0.2) is 35.6 Å². The van der Waals surface area contributed by atoms with E-state index in [9.17, 15) is 4.79 Å². The SMILES string of the molecule is CCCC(=O)N1CCC(CO)CC1. The lowest BCUT2D eigenvalue weighted by atomic mass is 9.98. The first kappa shape index (κ1) is 10.5. The predicted octanol–water partition coefficient (Wildman–Crippen LogP) is 1.02. The molecule has 1 saturated heterocycles. The quantitative estimate of drug-likeness (QED) is 0.713. The molecule has 0 atom stereocenters. The van der Waals surface area contributed by atoms with E-state index >= 15 is 0 Å². The summed E-state index contributed by atoms with van der Waals surface area (Å²) in [4.78, 5) is 13.4. The molecule has 1 N–H and O–H groups in total. The number of hydrogen-bond donors (Lipinski definition) is 1. The van der Waals surface area contributed by atoms with Crippen molar-refractivity contribution in [2.24, 2.45) is 5.92 Å². The molecule has 1 aliphatic heterocycles. The topological polar surface area (TPSA) is 40.5 Å². The molecule has 76 valence electrons. The minimum absolute atomic E-state index is 0.274. The first-order valence-electron chi connectivity index (χ1n) is 5.16. The van der Waals surface area contributed by atoms with E-state index < -0.39 is 0 Å². The molecule has 0 radical (unpaired) electrons. The number of carbonyl (C=O) groups excluding carboxylic acids is 1. The molecule has 1 heterocycles. The molecule has 0 aliphatic carbocycles. The Bertz CT molecular complexity index is 162. The van der Waals surface area contributed by atoms with Crippen molar-refractivity contribution >= 4 is 5.91 Å². The number of aliphatic hydroxyl groups is 1. The van der Waals surface area contributed by atoms with E-state index in [0.29, 0.717) is 12.3 Å². The Hall–Kier alpha value is -0.570. The van der Waals surface area contributed by atoms with Gasteiger partial charge in [0.1, 0.15) is 0 Å². The second-order valence-corrected chi connectivity index (χ2v) is 3.76. The fourth-order valence-electron chi connectivity index (χ4n) is 1.74. The molecule has 0 aromatic heterocycles. The molecule has 1 aliphatic rings. The van der Waals surface area contributed by atoms with E-state index in [2.05, 4.69) is 0 Å². The maximum Gasteiger partial charge on any atom is 0.222 e. The van der Waals surface area contributed by atoms with Crippen LogP contribution in [0.2, 0.25) is 0 Å². The molecular weight excluding hydrogens is 166 g/mol. The van der Waals surface area contributed by atoms with Gasteiger partial charge in [-0.2, -0.15) is 0 Å². The van der Waals surface area contributed by atoms with Crippen molar-refractivity contribution < 1.29 is 9.90 Å². The summed E-state index contributed by atoms with van der Waals surface area (Å²) in [5, 5.41) is 8.92. The molecule has 0 aromatic carbocycles. The van der Waals surface area contributed by atoms with Gasteiger partial charge in [-0.1, -0.05) is 6.92 Å².